The number of piperazine rings is 1. The highest BCUT2D eigenvalue weighted by Gasteiger charge is 2.25. The fourth-order valence-corrected chi connectivity index (χ4v) is 3.87. The second-order valence-corrected chi connectivity index (χ2v) is 6.89. The lowest BCUT2D eigenvalue weighted by Crippen LogP contribution is -2.50. The van der Waals surface area contributed by atoms with Crippen molar-refractivity contribution in [3.8, 4) is 0 Å². The Bertz CT molecular complexity index is 697. The molecule has 5 nitrogen and oxygen atoms in total. The first-order valence-electron chi connectivity index (χ1n) is 8.97. The zero-order valence-electron chi connectivity index (χ0n) is 14.0. The Morgan fingerprint density at radius 1 is 1.12 bits per heavy atom. The van der Waals surface area contributed by atoms with E-state index in [4.69, 9.17) is 4.74 Å². The predicted molar refractivity (Wildman–Crippen MR) is 94.2 cm³/mol. The number of nitrogens with zero attached hydrogens (tertiary/aromatic N) is 2. The number of ether oxygens (including phenoxy) is 1. The molecular formula is C19H25N3O2. The maximum absolute atomic E-state index is 12.9. The van der Waals surface area contributed by atoms with Gasteiger partial charge in [-0.15, -0.1) is 0 Å². The van der Waals surface area contributed by atoms with Gasteiger partial charge in [-0.1, -0.05) is 6.07 Å². The summed E-state index contributed by atoms with van der Waals surface area (Å²) in [5.41, 5.74) is 1.84. The van der Waals surface area contributed by atoms with Gasteiger partial charge >= 0.3 is 0 Å². The monoisotopic (exact) mass is 327 g/mol. The highest BCUT2D eigenvalue weighted by Crippen LogP contribution is 2.21. The second-order valence-electron chi connectivity index (χ2n) is 6.89. The third kappa shape index (κ3) is 3.19. The molecule has 2 fully saturated rings. The average molecular weight is 327 g/mol. The van der Waals surface area contributed by atoms with Crippen molar-refractivity contribution in [3.05, 3.63) is 36.0 Å². The summed E-state index contributed by atoms with van der Waals surface area (Å²) in [6, 6.07) is 7.89. The van der Waals surface area contributed by atoms with Crippen LogP contribution in [0.25, 0.3) is 10.9 Å². The highest BCUT2D eigenvalue weighted by molar-refractivity contribution is 6.06. The SMILES string of the molecule is O=C(c1cccc2[nH]ccc12)N1CCN(CC2CCOCC2)CC1. The molecule has 0 unspecified atom stereocenters. The molecule has 1 N–H and O–H groups in total. The standard InChI is InChI=1S/C19H25N3O2/c23-19(17-2-1-3-18-16(17)4-7-20-18)22-10-8-21(9-11-22)14-15-5-12-24-13-6-15/h1-4,7,15,20H,5-6,8-14H2. The molecule has 2 aliphatic rings. The van der Waals surface area contributed by atoms with Crippen LogP contribution in [0.2, 0.25) is 0 Å². The lowest BCUT2D eigenvalue weighted by atomic mass is 9.99. The van der Waals surface area contributed by atoms with Crippen LogP contribution in [0.3, 0.4) is 0 Å². The van der Waals surface area contributed by atoms with Crippen molar-refractivity contribution >= 4 is 16.8 Å². The van der Waals surface area contributed by atoms with E-state index in [1.807, 2.05) is 35.4 Å². The van der Waals surface area contributed by atoms with E-state index in [2.05, 4.69) is 9.88 Å². The van der Waals surface area contributed by atoms with Gasteiger partial charge in [-0.05, 0) is 37.0 Å². The molecule has 1 amide bonds. The quantitative estimate of drug-likeness (QED) is 0.941. The van der Waals surface area contributed by atoms with Crippen LogP contribution < -0.4 is 0 Å². The molecular weight excluding hydrogens is 302 g/mol. The Morgan fingerprint density at radius 2 is 1.92 bits per heavy atom. The van der Waals surface area contributed by atoms with Gasteiger partial charge in [-0.2, -0.15) is 0 Å². The topological polar surface area (TPSA) is 48.6 Å². The van der Waals surface area contributed by atoms with Crippen LogP contribution in [0.4, 0.5) is 0 Å². The summed E-state index contributed by atoms with van der Waals surface area (Å²) in [7, 11) is 0. The van der Waals surface area contributed by atoms with Crippen molar-refractivity contribution in [1.29, 1.82) is 0 Å². The number of carbonyl (C=O) groups is 1. The van der Waals surface area contributed by atoms with E-state index in [0.717, 1.165) is 68.3 Å². The molecule has 1 aromatic carbocycles. The van der Waals surface area contributed by atoms with Crippen molar-refractivity contribution in [1.82, 2.24) is 14.8 Å². The molecule has 2 aliphatic heterocycles. The summed E-state index contributed by atoms with van der Waals surface area (Å²) in [5, 5.41) is 1.02. The van der Waals surface area contributed by atoms with Gasteiger partial charge in [0.15, 0.2) is 0 Å². The van der Waals surface area contributed by atoms with Crippen molar-refractivity contribution in [2.45, 2.75) is 12.8 Å². The van der Waals surface area contributed by atoms with E-state index in [1.54, 1.807) is 0 Å². The van der Waals surface area contributed by atoms with Crippen LogP contribution in [0.15, 0.2) is 30.5 Å². The molecule has 3 heterocycles. The molecule has 128 valence electrons. The molecule has 0 aliphatic carbocycles. The summed E-state index contributed by atoms with van der Waals surface area (Å²) < 4.78 is 5.44. The number of hydrogen-bond acceptors (Lipinski definition) is 3. The molecule has 24 heavy (non-hydrogen) atoms. The molecule has 5 heteroatoms. The van der Waals surface area contributed by atoms with Gasteiger partial charge in [0, 0.05) is 68.6 Å². The number of rotatable bonds is 3. The summed E-state index contributed by atoms with van der Waals surface area (Å²) in [6.07, 6.45) is 4.25. The molecule has 0 spiro atoms. The number of hydrogen-bond donors (Lipinski definition) is 1. The first-order chi connectivity index (χ1) is 11.8. The zero-order chi connectivity index (χ0) is 16.4. The van der Waals surface area contributed by atoms with Crippen LogP contribution in [-0.2, 0) is 4.74 Å². The van der Waals surface area contributed by atoms with E-state index in [0.29, 0.717) is 0 Å². The third-order valence-corrected chi connectivity index (χ3v) is 5.34. The lowest BCUT2D eigenvalue weighted by Gasteiger charge is -2.37. The summed E-state index contributed by atoms with van der Waals surface area (Å²) in [6.45, 7) is 6.57. The summed E-state index contributed by atoms with van der Waals surface area (Å²) in [5.74, 6) is 0.917. The molecule has 4 rings (SSSR count). The van der Waals surface area contributed by atoms with Crippen molar-refractivity contribution in [3.63, 3.8) is 0 Å². The molecule has 0 radical (unpaired) electrons. The normalized spacial score (nSPS) is 20.6. The first-order valence-corrected chi connectivity index (χ1v) is 8.97. The molecule has 0 atom stereocenters. The van der Waals surface area contributed by atoms with Gasteiger partial charge in [0.25, 0.3) is 5.91 Å². The van der Waals surface area contributed by atoms with E-state index in [-0.39, 0.29) is 5.91 Å². The van der Waals surface area contributed by atoms with E-state index in [1.165, 1.54) is 12.8 Å². The smallest absolute Gasteiger partial charge is 0.254 e. The molecule has 2 aromatic rings. The first kappa shape index (κ1) is 15.7. The van der Waals surface area contributed by atoms with E-state index in [9.17, 15) is 4.79 Å². The third-order valence-electron chi connectivity index (χ3n) is 5.34. The number of nitrogens with one attached hydrogen (secondary N) is 1. The number of fused-ring (bicyclic) bond motifs is 1. The van der Waals surface area contributed by atoms with Gasteiger partial charge in [0.05, 0.1) is 0 Å². The molecule has 0 bridgehead atoms. The maximum atomic E-state index is 12.9. The predicted octanol–water partition coefficient (Wildman–Crippen LogP) is 2.35. The molecule has 0 saturated carbocycles. The van der Waals surface area contributed by atoms with Crippen LogP contribution in [0.5, 0.6) is 0 Å². The van der Waals surface area contributed by atoms with Crippen molar-refractivity contribution in [2.24, 2.45) is 5.92 Å². The number of benzene rings is 1. The fourth-order valence-electron chi connectivity index (χ4n) is 3.87. The fraction of sp³-hybridized carbons (Fsp3) is 0.526. The van der Waals surface area contributed by atoms with Gasteiger partial charge in [-0.3, -0.25) is 9.69 Å². The summed E-state index contributed by atoms with van der Waals surface area (Å²) >= 11 is 0. The van der Waals surface area contributed by atoms with Gasteiger partial charge in [-0.25, -0.2) is 0 Å². The largest absolute Gasteiger partial charge is 0.381 e. The van der Waals surface area contributed by atoms with E-state index >= 15 is 0 Å². The highest BCUT2D eigenvalue weighted by atomic mass is 16.5. The number of H-pyrrole nitrogens is 1. The van der Waals surface area contributed by atoms with Gasteiger partial charge in [0.2, 0.25) is 0 Å². The second kappa shape index (κ2) is 6.95. The average Bonchev–Trinajstić information content (AvgIpc) is 3.11. The van der Waals surface area contributed by atoms with Crippen LogP contribution in [0, 0.1) is 5.92 Å². The number of amides is 1. The number of aromatic nitrogens is 1. The molecule has 1 aromatic heterocycles. The maximum Gasteiger partial charge on any atom is 0.254 e. The number of aromatic amines is 1. The Kier molecular flexibility index (Phi) is 4.54. The minimum atomic E-state index is 0.158. The van der Waals surface area contributed by atoms with Crippen molar-refractivity contribution < 1.29 is 9.53 Å². The van der Waals surface area contributed by atoms with Crippen LogP contribution in [-0.4, -0.2) is 66.6 Å². The molecule has 2 saturated heterocycles. The zero-order valence-corrected chi connectivity index (χ0v) is 14.0. The lowest BCUT2D eigenvalue weighted by molar-refractivity contribution is 0.0394. The van der Waals surface area contributed by atoms with Gasteiger partial charge < -0.3 is 14.6 Å². The number of carbonyl (C=O) groups excluding carboxylic acids is 1. The van der Waals surface area contributed by atoms with Gasteiger partial charge in [0.1, 0.15) is 0 Å². The van der Waals surface area contributed by atoms with Crippen molar-refractivity contribution in [2.75, 3.05) is 45.9 Å². The Hall–Kier alpha value is -1.85. The Morgan fingerprint density at radius 3 is 2.71 bits per heavy atom. The van der Waals surface area contributed by atoms with Crippen LogP contribution in [0.1, 0.15) is 23.2 Å². The van der Waals surface area contributed by atoms with E-state index < -0.39 is 0 Å². The Labute approximate surface area is 142 Å². The minimum absolute atomic E-state index is 0.158. The minimum Gasteiger partial charge on any atom is -0.381 e. The van der Waals surface area contributed by atoms with Crippen LogP contribution >= 0.6 is 0 Å². The summed E-state index contributed by atoms with van der Waals surface area (Å²) in [4.78, 5) is 20.6. The Balaban J connectivity index is 1.37.